The van der Waals surface area contributed by atoms with Gasteiger partial charge in [0.05, 0.1) is 0 Å². The van der Waals surface area contributed by atoms with Crippen LogP contribution in [0.3, 0.4) is 0 Å². The van der Waals surface area contributed by atoms with Gasteiger partial charge in [-0.15, -0.1) is 0 Å². The molecule has 4 nitrogen and oxygen atoms in total. The molecule has 2 fully saturated rings. The average molecular weight is 352 g/mol. The topological polar surface area (TPSA) is 54.0 Å². The van der Waals surface area contributed by atoms with Crippen LogP contribution in [-0.2, 0) is 0 Å². The Hall–Kier alpha value is -0.940. The zero-order chi connectivity index (χ0) is 14.7. The first-order valence-corrected chi connectivity index (χ1v) is 8.64. The number of carbonyl (C=O) groups excluding carboxylic acids is 1. The Bertz CT molecular complexity index is 508. The number of piperidine rings is 1. The molecule has 1 aliphatic heterocycles. The maximum atomic E-state index is 12.4. The largest absolute Gasteiger partial charge is 0.348 e. The van der Waals surface area contributed by atoms with Crippen molar-refractivity contribution in [2.24, 2.45) is 0 Å². The highest BCUT2D eigenvalue weighted by Crippen LogP contribution is 2.34. The number of hydrogen-bond acceptors (Lipinski definition) is 3. The fourth-order valence-electron chi connectivity index (χ4n) is 3.70. The van der Waals surface area contributed by atoms with E-state index in [1.54, 1.807) is 6.20 Å². The molecule has 1 amide bonds. The molecule has 1 aliphatic carbocycles. The number of hydrogen-bond donors (Lipinski definition) is 2. The van der Waals surface area contributed by atoms with Gasteiger partial charge in [-0.1, -0.05) is 19.3 Å². The minimum atomic E-state index is -0.0691. The van der Waals surface area contributed by atoms with Crippen molar-refractivity contribution in [1.82, 2.24) is 15.6 Å². The average Bonchev–Trinajstić information content (AvgIpc) is 2.48. The van der Waals surface area contributed by atoms with Crippen LogP contribution in [0.2, 0.25) is 0 Å². The van der Waals surface area contributed by atoms with Crippen LogP contribution < -0.4 is 10.6 Å². The summed E-state index contributed by atoms with van der Waals surface area (Å²) in [5, 5.41) is 6.89. The zero-order valence-electron chi connectivity index (χ0n) is 12.2. The van der Waals surface area contributed by atoms with Crippen molar-refractivity contribution < 1.29 is 4.79 Å². The summed E-state index contributed by atoms with van der Waals surface area (Å²) in [6, 6.07) is 3.93. The second-order valence-corrected chi connectivity index (χ2v) is 7.12. The zero-order valence-corrected chi connectivity index (χ0v) is 13.8. The maximum absolute atomic E-state index is 12.4. The van der Waals surface area contributed by atoms with Crippen LogP contribution in [0.4, 0.5) is 0 Å². The van der Waals surface area contributed by atoms with Crippen LogP contribution in [0.25, 0.3) is 0 Å². The number of halogens is 1. The lowest BCUT2D eigenvalue weighted by Gasteiger charge is -2.44. The Morgan fingerprint density at radius 2 is 2.19 bits per heavy atom. The highest BCUT2D eigenvalue weighted by molar-refractivity contribution is 9.10. The third kappa shape index (κ3) is 3.46. The number of aromatic nitrogens is 1. The van der Waals surface area contributed by atoms with Gasteiger partial charge in [-0.25, -0.2) is 4.98 Å². The molecular formula is C16H22BrN3O. The number of nitrogens with zero attached hydrogens (tertiary/aromatic N) is 1. The SMILES string of the molecule is O=C(NC1CCNC2(CCCCC2)C1)c1ncccc1Br. The number of nitrogens with one attached hydrogen (secondary N) is 2. The molecular weight excluding hydrogens is 330 g/mol. The Morgan fingerprint density at radius 1 is 1.38 bits per heavy atom. The highest BCUT2D eigenvalue weighted by atomic mass is 79.9. The highest BCUT2D eigenvalue weighted by Gasteiger charge is 2.37. The summed E-state index contributed by atoms with van der Waals surface area (Å²) in [6.45, 7) is 0.994. The lowest BCUT2D eigenvalue weighted by molar-refractivity contribution is 0.0887. The first-order valence-electron chi connectivity index (χ1n) is 7.85. The van der Waals surface area contributed by atoms with Crippen molar-refractivity contribution in [1.29, 1.82) is 0 Å². The fraction of sp³-hybridized carbons (Fsp3) is 0.625. The van der Waals surface area contributed by atoms with Crippen LogP contribution in [0.1, 0.15) is 55.4 Å². The van der Waals surface area contributed by atoms with E-state index >= 15 is 0 Å². The van der Waals surface area contributed by atoms with Gasteiger partial charge in [-0.3, -0.25) is 4.79 Å². The predicted molar refractivity (Wildman–Crippen MR) is 86.2 cm³/mol. The number of carbonyl (C=O) groups is 1. The molecule has 21 heavy (non-hydrogen) atoms. The van der Waals surface area contributed by atoms with E-state index in [0.717, 1.165) is 23.9 Å². The normalized spacial score (nSPS) is 24.7. The van der Waals surface area contributed by atoms with Gasteiger partial charge in [0.15, 0.2) is 0 Å². The summed E-state index contributed by atoms with van der Waals surface area (Å²) in [5.41, 5.74) is 0.740. The van der Waals surface area contributed by atoms with Crippen molar-refractivity contribution in [2.45, 2.75) is 56.5 Å². The molecule has 1 spiro atoms. The minimum Gasteiger partial charge on any atom is -0.348 e. The third-order valence-corrected chi connectivity index (χ3v) is 5.39. The summed E-state index contributed by atoms with van der Waals surface area (Å²) in [6.07, 6.45) is 10.1. The number of rotatable bonds is 2. The van der Waals surface area contributed by atoms with Crippen LogP contribution in [0.5, 0.6) is 0 Å². The molecule has 0 radical (unpaired) electrons. The lowest BCUT2D eigenvalue weighted by atomic mass is 9.75. The van der Waals surface area contributed by atoms with Crippen molar-refractivity contribution in [2.75, 3.05) is 6.54 Å². The van der Waals surface area contributed by atoms with Crippen molar-refractivity contribution in [3.63, 3.8) is 0 Å². The van der Waals surface area contributed by atoms with Gasteiger partial charge in [0.25, 0.3) is 5.91 Å². The van der Waals surface area contributed by atoms with E-state index < -0.39 is 0 Å². The molecule has 2 N–H and O–H groups in total. The summed E-state index contributed by atoms with van der Waals surface area (Å²) in [7, 11) is 0. The second-order valence-electron chi connectivity index (χ2n) is 6.26. The van der Waals surface area contributed by atoms with E-state index in [0.29, 0.717) is 5.69 Å². The molecule has 1 aromatic rings. The Labute approximate surface area is 134 Å². The molecule has 114 valence electrons. The van der Waals surface area contributed by atoms with E-state index in [4.69, 9.17) is 0 Å². The smallest absolute Gasteiger partial charge is 0.271 e. The standard InChI is InChI=1S/C16H22BrN3O/c17-13-5-4-9-18-14(13)15(21)20-12-6-10-19-16(11-12)7-2-1-3-8-16/h4-5,9,12,19H,1-3,6-8,10-11H2,(H,20,21). The van der Waals surface area contributed by atoms with Gasteiger partial charge in [0.1, 0.15) is 5.69 Å². The van der Waals surface area contributed by atoms with Gasteiger partial charge in [-0.2, -0.15) is 0 Å². The quantitative estimate of drug-likeness (QED) is 0.860. The minimum absolute atomic E-state index is 0.0691. The number of pyridine rings is 1. The molecule has 1 saturated carbocycles. The molecule has 1 saturated heterocycles. The van der Waals surface area contributed by atoms with E-state index in [-0.39, 0.29) is 17.5 Å². The Morgan fingerprint density at radius 3 is 2.95 bits per heavy atom. The first-order chi connectivity index (χ1) is 10.2. The summed E-state index contributed by atoms with van der Waals surface area (Å²) in [5.74, 6) is -0.0691. The summed E-state index contributed by atoms with van der Waals surface area (Å²) < 4.78 is 0.754. The molecule has 1 atom stereocenters. The van der Waals surface area contributed by atoms with Gasteiger partial charge >= 0.3 is 0 Å². The summed E-state index contributed by atoms with van der Waals surface area (Å²) in [4.78, 5) is 16.6. The van der Waals surface area contributed by atoms with Crippen LogP contribution in [0.15, 0.2) is 22.8 Å². The molecule has 0 aromatic carbocycles. The van der Waals surface area contributed by atoms with Gasteiger partial charge in [0.2, 0.25) is 0 Å². The fourth-order valence-corrected chi connectivity index (χ4v) is 4.13. The third-order valence-electron chi connectivity index (χ3n) is 4.75. The monoisotopic (exact) mass is 351 g/mol. The van der Waals surface area contributed by atoms with Crippen LogP contribution in [-0.4, -0.2) is 29.0 Å². The maximum Gasteiger partial charge on any atom is 0.271 e. The van der Waals surface area contributed by atoms with E-state index in [2.05, 4.69) is 31.5 Å². The molecule has 1 aromatic heterocycles. The van der Waals surface area contributed by atoms with E-state index in [1.807, 2.05) is 12.1 Å². The van der Waals surface area contributed by atoms with E-state index in [9.17, 15) is 4.79 Å². The predicted octanol–water partition coefficient (Wildman–Crippen LogP) is 3.03. The molecule has 2 heterocycles. The first kappa shape index (κ1) is 15.0. The van der Waals surface area contributed by atoms with Gasteiger partial charge < -0.3 is 10.6 Å². The van der Waals surface area contributed by atoms with Crippen LogP contribution >= 0.6 is 15.9 Å². The molecule has 5 heteroatoms. The summed E-state index contributed by atoms with van der Waals surface area (Å²) >= 11 is 3.40. The Kier molecular flexibility index (Phi) is 4.60. The molecule has 2 aliphatic rings. The molecule has 3 rings (SSSR count). The molecule has 0 bridgehead atoms. The van der Waals surface area contributed by atoms with Gasteiger partial charge in [0, 0.05) is 22.3 Å². The second kappa shape index (κ2) is 6.44. The van der Waals surface area contributed by atoms with E-state index in [1.165, 1.54) is 32.1 Å². The Balaban J connectivity index is 1.65. The lowest BCUT2D eigenvalue weighted by Crippen LogP contribution is -2.57. The van der Waals surface area contributed by atoms with Crippen molar-refractivity contribution >= 4 is 21.8 Å². The van der Waals surface area contributed by atoms with Crippen molar-refractivity contribution in [3.8, 4) is 0 Å². The van der Waals surface area contributed by atoms with Crippen LogP contribution in [0, 0.1) is 0 Å². The number of amides is 1. The van der Waals surface area contributed by atoms with Gasteiger partial charge in [-0.05, 0) is 60.3 Å². The molecule has 1 unspecified atom stereocenters. The van der Waals surface area contributed by atoms with Crippen molar-refractivity contribution in [3.05, 3.63) is 28.5 Å².